The summed E-state index contributed by atoms with van der Waals surface area (Å²) in [6.07, 6.45) is 0.963. The second-order valence-electron chi connectivity index (χ2n) is 5.02. The lowest BCUT2D eigenvalue weighted by molar-refractivity contribution is -0.146. The van der Waals surface area contributed by atoms with E-state index in [0.29, 0.717) is 26.2 Å². The maximum Gasteiger partial charge on any atom is 0.251 e. The number of amides is 2. The number of aliphatic hydroxyl groups excluding tert-OH is 1. The quantitative estimate of drug-likeness (QED) is 0.795. The largest absolute Gasteiger partial charge is 0.384 e. The summed E-state index contributed by atoms with van der Waals surface area (Å²) in [6.45, 7) is 7.70. The summed E-state index contributed by atoms with van der Waals surface area (Å²) in [4.78, 5) is 27.1. The van der Waals surface area contributed by atoms with Gasteiger partial charge in [-0.15, -0.1) is 0 Å². The zero-order chi connectivity index (χ0) is 13.7. The molecule has 0 spiro atoms. The molecule has 0 aromatic heterocycles. The SMILES string of the molecule is CCCC(C)C(=O)N1CCN(C(=O)C(C)O)CC1. The fraction of sp³-hybridized carbons (Fsp3) is 0.846. The Kier molecular flexibility index (Phi) is 5.59. The molecule has 1 rings (SSSR count). The molecule has 2 unspecified atom stereocenters. The van der Waals surface area contributed by atoms with Crippen LogP contribution in [0.3, 0.4) is 0 Å². The topological polar surface area (TPSA) is 60.9 Å². The van der Waals surface area contributed by atoms with Crippen LogP contribution in [0.1, 0.15) is 33.6 Å². The van der Waals surface area contributed by atoms with Crippen molar-refractivity contribution >= 4 is 11.8 Å². The minimum atomic E-state index is -0.953. The van der Waals surface area contributed by atoms with Gasteiger partial charge >= 0.3 is 0 Å². The standard InChI is InChI=1S/C13H24N2O3/c1-4-5-10(2)12(17)14-6-8-15(9-7-14)13(18)11(3)16/h10-11,16H,4-9H2,1-3H3. The number of aliphatic hydroxyl groups is 1. The molecular formula is C13H24N2O3. The highest BCUT2D eigenvalue weighted by molar-refractivity contribution is 5.81. The number of hydrogen-bond donors (Lipinski definition) is 1. The van der Waals surface area contributed by atoms with Crippen molar-refractivity contribution in [2.75, 3.05) is 26.2 Å². The molecule has 0 radical (unpaired) electrons. The van der Waals surface area contributed by atoms with E-state index in [1.54, 1.807) is 4.90 Å². The molecule has 1 N–H and O–H groups in total. The maximum absolute atomic E-state index is 12.1. The van der Waals surface area contributed by atoms with E-state index in [9.17, 15) is 14.7 Å². The smallest absolute Gasteiger partial charge is 0.251 e. The Balaban J connectivity index is 2.44. The normalized spacial score (nSPS) is 19.6. The molecule has 1 fully saturated rings. The molecule has 0 bridgehead atoms. The van der Waals surface area contributed by atoms with Gasteiger partial charge in [-0.2, -0.15) is 0 Å². The van der Waals surface area contributed by atoms with Crippen LogP contribution in [0.15, 0.2) is 0 Å². The molecule has 0 aliphatic carbocycles. The molecule has 2 atom stereocenters. The minimum Gasteiger partial charge on any atom is -0.384 e. The van der Waals surface area contributed by atoms with Crippen LogP contribution in [-0.2, 0) is 9.59 Å². The molecule has 5 nitrogen and oxygen atoms in total. The van der Waals surface area contributed by atoms with Gasteiger partial charge in [0.15, 0.2) is 0 Å². The highest BCUT2D eigenvalue weighted by Crippen LogP contribution is 2.12. The molecule has 0 aromatic rings. The van der Waals surface area contributed by atoms with Crippen LogP contribution in [-0.4, -0.2) is 59.0 Å². The van der Waals surface area contributed by atoms with E-state index < -0.39 is 6.10 Å². The number of hydrogen-bond acceptors (Lipinski definition) is 3. The average Bonchev–Trinajstić information content (AvgIpc) is 2.37. The Bertz CT molecular complexity index is 297. The third-order valence-corrected chi connectivity index (χ3v) is 3.40. The Hall–Kier alpha value is -1.10. The highest BCUT2D eigenvalue weighted by atomic mass is 16.3. The van der Waals surface area contributed by atoms with Gasteiger partial charge in [-0.25, -0.2) is 0 Å². The molecule has 1 saturated heterocycles. The van der Waals surface area contributed by atoms with Crippen LogP contribution in [0.25, 0.3) is 0 Å². The number of carbonyl (C=O) groups excluding carboxylic acids is 2. The van der Waals surface area contributed by atoms with E-state index in [0.717, 1.165) is 12.8 Å². The van der Waals surface area contributed by atoms with Gasteiger partial charge in [-0.3, -0.25) is 9.59 Å². The highest BCUT2D eigenvalue weighted by Gasteiger charge is 2.27. The zero-order valence-electron chi connectivity index (χ0n) is 11.6. The summed E-state index contributed by atoms with van der Waals surface area (Å²) in [5.41, 5.74) is 0. The summed E-state index contributed by atoms with van der Waals surface area (Å²) in [5.74, 6) is -0.00119. The maximum atomic E-state index is 12.1. The van der Waals surface area contributed by atoms with E-state index in [1.165, 1.54) is 6.92 Å². The van der Waals surface area contributed by atoms with Crippen molar-refractivity contribution in [2.45, 2.75) is 39.7 Å². The van der Waals surface area contributed by atoms with Gasteiger partial charge in [-0.1, -0.05) is 20.3 Å². The Morgan fingerprint density at radius 2 is 1.50 bits per heavy atom. The van der Waals surface area contributed by atoms with Crippen LogP contribution in [0.5, 0.6) is 0 Å². The van der Waals surface area contributed by atoms with Crippen molar-refractivity contribution in [1.29, 1.82) is 0 Å². The van der Waals surface area contributed by atoms with E-state index in [4.69, 9.17) is 0 Å². The third kappa shape index (κ3) is 3.70. The van der Waals surface area contributed by atoms with Crippen molar-refractivity contribution in [3.63, 3.8) is 0 Å². The first-order valence-electron chi connectivity index (χ1n) is 6.73. The number of piperazine rings is 1. The van der Waals surface area contributed by atoms with Gasteiger partial charge in [0.1, 0.15) is 6.10 Å². The Morgan fingerprint density at radius 3 is 1.89 bits per heavy atom. The summed E-state index contributed by atoms with van der Waals surface area (Å²) in [5, 5.41) is 9.23. The summed E-state index contributed by atoms with van der Waals surface area (Å²) in [6, 6.07) is 0. The van der Waals surface area contributed by atoms with Crippen LogP contribution < -0.4 is 0 Å². The van der Waals surface area contributed by atoms with Crippen molar-refractivity contribution in [3.05, 3.63) is 0 Å². The summed E-state index contributed by atoms with van der Waals surface area (Å²) >= 11 is 0. The van der Waals surface area contributed by atoms with E-state index in [-0.39, 0.29) is 17.7 Å². The van der Waals surface area contributed by atoms with Gasteiger partial charge in [0.05, 0.1) is 0 Å². The van der Waals surface area contributed by atoms with Crippen molar-refractivity contribution in [2.24, 2.45) is 5.92 Å². The first-order chi connectivity index (χ1) is 8.47. The number of nitrogens with zero attached hydrogens (tertiary/aromatic N) is 2. The van der Waals surface area contributed by atoms with Gasteiger partial charge in [0, 0.05) is 32.1 Å². The predicted molar refractivity (Wildman–Crippen MR) is 68.9 cm³/mol. The number of carbonyl (C=O) groups is 2. The zero-order valence-corrected chi connectivity index (χ0v) is 11.6. The van der Waals surface area contributed by atoms with Crippen molar-refractivity contribution < 1.29 is 14.7 Å². The fourth-order valence-electron chi connectivity index (χ4n) is 2.28. The molecule has 104 valence electrons. The summed E-state index contributed by atoms with van der Waals surface area (Å²) < 4.78 is 0. The van der Waals surface area contributed by atoms with Crippen LogP contribution >= 0.6 is 0 Å². The van der Waals surface area contributed by atoms with E-state index >= 15 is 0 Å². The monoisotopic (exact) mass is 256 g/mol. The fourth-order valence-corrected chi connectivity index (χ4v) is 2.28. The van der Waals surface area contributed by atoms with Crippen molar-refractivity contribution in [1.82, 2.24) is 9.80 Å². The van der Waals surface area contributed by atoms with Gasteiger partial charge < -0.3 is 14.9 Å². The van der Waals surface area contributed by atoms with Crippen LogP contribution in [0.4, 0.5) is 0 Å². The van der Waals surface area contributed by atoms with Crippen molar-refractivity contribution in [3.8, 4) is 0 Å². The van der Waals surface area contributed by atoms with Gasteiger partial charge in [-0.05, 0) is 13.3 Å². The second kappa shape index (κ2) is 6.73. The first kappa shape index (κ1) is 15.0. The summed E-state index contributed by atoms with van der Waals surface area (Å²) in [7, 11) is 0. The predicted octanol–water partition coefficient (Wildman–Crippen LogP) is 0.474. The lowest BCUT2D eigenvalue weighted by atomic mass is 10.0. The lowest BCUT2D eigenvalue weighted by Gasteiger charge is -2.36. The average molecular weight is 256 g/mol. The van der Waals surface area contributed by atoms with Crippen LogP contribution in [0, 0.1) is 5.92 Å². The molecule has 1 aliphatic rings. The Morgan fingerprint density at radius 1 is 1.06 bits per heavy atom. The molecule has 1 heterocycles. The molecule has 2 amide bonds. The number of rotatable bonds is 4. The van der Waals surface area contributed by atoms with Gasteiger partial charge in [0.2, 0.25) is 5.91 Å². The third-order valence-electron chi connectivity index (χ3n) is 3.40. The molecular weight excluding hydrogens is 232 g/mol. The van der Waals surface area contributed by atoms with Crippen LogP contribution in [0.2, 0.25) is 0 Å². The Labute approximate surface area is 109 Å². The second-order valence-corrected chi connectivity index (χ2v) is 5.02. The van der Waals surface area contributed by atoms with E-state index in [1.807, 2.05) is 11.8 Å². The van der Waals surface area contributed by atoms with E-state index in [2.05, 4.69) is 6.92 Å². The first-order valence-corrected chi connectivity index (χ1v) is 6.73. The molecule has 18 heavy (non-hydrogen) atoms. The lowest BCUT2D eigenvalue weighted by Crippen LogP contribution is -2.53. The minimum absolute atomic E-state index is 0.0639. The molecule has 0 saturated carbocycles. The van der Waals surface area contributed by atoms with Gasteiger partial charge in [0.25, 0.3) is 5.91 Å². The molecule has 0 aromatic carbocycles. The molecule has 5 heteroatoms. The molecule has 1 aliphatic heterocycles.